The zero-order valence-corrected chi connectivity index (χ0v) is 12.1. The number of aromatic nitrogens is 3. The van der Waals surface area contributed by atoms with E-state index in [1.54, 1.807) is 17.5 Å². The maximum absolute atomic E-state index is 5.62. The lowest BCUT2D eigenvalue weighted by Crippen LogP contribution is -2.00. The summed E-state index contributed by atoms with van der Waals surface area (Å²) in [5, 5.41) is 1.15. The Bertz CT molecular complexity index is 771. The highest BCUT2D eigenvalue weighted by Crippen LogP contribution is 2.34. The fraction of sp³-hybridized carbons (Fsp3) is 0.133. The van der Waals surface area contributed by atoms with E-state index in [-0.39, 0.29) is 0 Å². The minimum absolute atomic E-state index is 0.308. The van der Waals surface area contributed by atoms with Crippen molar-refractivity contribution in [3.63, 3.8) is 0 Å². The summed E-state index contributed by atoms with van der Waals surface area (Å²) in [5.41, 5.74) is 8.66. The molecule has 0 bridgehead atoms. The smallest absolute Gasteiger partial charge is 0.220 e. The molecule has 5 heteroatoms. The van der Waals surface area contributed by atoms with Gasteiger partial charge in [-0.15, -0.1) is 11.3 Å². The minimum atomic E-state index is 0.308. The highest BCUT2D eigenvalue weighted by atomic mass is 32.1. The summed E-state index contributed by atoms with van der Waals surface area (Å²) in [7, 11) is 0. The number of hydrogen-bond donors (Lipinski definition) is 1. The number of aryl methyl sites for hydroxylation is 1. The van der Waals surface area contributed by atoms with E-state index < -0.39 is 0 Å². The van der Waals surface area contributed by atoms with Gasteiger partial charge in [-0.1, -0.05) is 6.08 Å². The van der Waals surface area contributed by atoms with Crippen LogP contribution >= 0.6 is 11.3 Å². The van der Waals surface area contributed by atoms with Crippen LogP contribution in [0, 0.1) is 6.92 Å². The molecular weight excluding hydrogens is 268 g/mol. The Morgan fingerprint density at radius 2 is 2.20 bits per heavy atom. The third-order valence-corrected chi connectivity index (χ3v) is 4.31. The van der Waals surface area contributed by atoms with Crippen LogP contribution in [-0.2, 0) is 0 Å². The summed E-state index contributed by atoms with van der Waals surface area (Å²) in [6.45, 7) is 3.97. The van der Waals surface area contributed by atoms with Crippen molar-refractivity contribution in [3.8, 4) is 0 Å². The van der Waals surface area contributed by atoms with E-state index in [2.05, 4.69) is 27.1 Å². The van der Waals surface area contributed by atoms with E-state index in [0.717, 1.165) is 22.2 Å². The van der Waals surface area contributed by atoms with Gasteiger partial charge in [0.05, 0.1) is 5.69 Å². The molecule has 0 fully saturated rings. The number of allylic oxidation sites excluding steroid dienone is 1. The highest BCUT2D eigenvalue weighted by molar-refractivity contribution is 7.20. The fourth-order valence-corrected chi connectivity index (χ4v) is 3.32. The second-order valence-corrected chi connectivity index (χ2v) is 5.54. The molecule has 3 heterocycles. The third kappa shape index (κ3) is 2.16. The zero-order chi connectivity index (χ0) is 14.1. The Hall–Kier alpha value is -2.27. The van der Waals surface area contributed by atoms with Crippen LogP contribution in [0.25, 0.3) is 15.7 Å². The van der Waals surface area contributed by atoms with E-state index in [9.17, 15) is 0 Å². The first-order valence-electron chi connectivity index (χ1n) is 6.29. The van der Waals surface area contributed by atoms with Crippen LogP contribution < -0.4 is 5.73 Å². The first kappa shape index (κ1) is 12.7. The van der Waals surface area contributed by atoms with Crippen LogP contribution in [0.1, 0.15) is 23.1 Å². The largest absolute Gasteiger partial charge is 0.368 e. The topological polar surface area (TPSA) is 64.7 Å². The van der Waals surface area contributed by atoms with Gasteiger partial charge < -0.3 is 5.73 Å². The molecule has 0 radical (unpaired) electrons. The lowest BCUT2D eigenvalue weighted by Gasteiger charge is -2.07. The van der Waals surface area contributed by atoms with Gasteiger partial charge in [0.25, 0.3) is 0 Å². The van der Waals surface area contributed by atoms with Gasteiger partial charge in [-0.05, 0) is 31.6 Å². The van der Waals surface area contributed by atoms with Gasteiger partial charge in [0, 0.05) is 39.1 Å². The lowest BCUT2D eigenvalue weighted by atomic mass is 10.0. The van der Waals surface area contributed by atoms with Crippen molar-refractivity contribution >= 4 is 32.9 Å². The predicted octanol–water partition coefficient (Wildman–Crippen LogP) is 3.43. The molecule has 4 nitrogen and oxygen atoms in total. The summed E-state index contributed by atoms with van der Waals surface area (Å²) in [6, 6.07) is 4.18. The van der Waals surface area contributed by atoms with Crippen molar-refractivity contribution in [2.45, 2.75) is 13.8 Å². The molecule has 0 atom stereocenters. The number of fused-ring (bicyclic) bond motifs is 1. The third-order valence-electron chi connectivity index (χ3n) is 3.16. The normalized spacial score (nSPS) is 12.0. The van der Waals surface area contributed by atoms with Crippen LogP contribution in [0.3, 0.4) is 0 Å². The summed E-state index contributed by atoms with van der Waals surface area (Å²) >= 11 is 1.74. The van der Waals surface area contributed by atoms with Crippen LogP contribution in [0.4, 0.5) is 5.95 Å². The number of rotatable bonds is 2. The Labute approximate surface area is 121 Å². The molecule has 0 saturated carbocycles. The number of hydrogen-bond acceptors (Lipinski definition) is 5. The van der Waals surface area contributed by atoms with Crippen molar-refractivity contribution in [1.82, 2.24) is 15.0 Å². The van der Waals surface area contributed by atoms with Crippen LogP contribution in [0.5, 0.6) is 0 Å². The molecule has 0 aromatic carbocycles. The molecule has 0 aliphatic carbocycles. The van der Waals surface area contributed by atoms with Gasteiger partial charge in [0.15, 0.2) is 0 Å². The number of nitrogen functional groups attached to an aromatic ring is 1. The van der Waals surface area contributed by atoms with Crippen molar-refractivity contribution in [2.24, 2.45) is 0 Å². The van der Waals surface area contributed by atoms with Crippen LogP contribution in [0.15, 0.2) is 36.8 Å². The van der Waals surface area contributed by atoms with Gasteiger partial charge in [0.1, 0.15) is 0 Å². The standard InChI is InChI=1S/C15H14N4S/c1-3-11(12-8-18-15(16)19-9(12)2)14-6-10-7-17-5-4-13(10)20-14/h3-8H,1-2H3,(H2,16,18,19)/b11-3+. The predicted molar refractivity (Wildman–Crippen MR) is 83.6 cm³/mol. The maximum atomic E-state index is 5.62. The molecule has 20 heavy (non-hydrogen) atoms. The SMILES string of the molecule is C/C=C(/c1cc2cnccc2s1)c1cnc(N)nc1C. The summed E-state index contributed by atoms with van der Waals surface area (Å²) in [5.74, 6) is 0.308. The maximum Gasteiger partial charge on any atom is 0.220 e. The molecule has 2 N–H and O–H groups in total. The van der Waals surface area contributed by atoms with E-state index >= 15 is 0 Å². The molecule has 100 valence electrons. The summed E-state index contributed by atoms with van der Waals surface area (Å²) in [6.07, 6.45) is 7.57. The second kappa shape index (κ2) is 5.02. The van der Waals surface area contributed by atoms with Gasteiger partial charge in [-0.2, -0.15) is 0 Å². The first-order valence-corrected chi connectivity index (χ1v) is 7.10. The Kier molecular flexibility index (Phi) is 3.20. The summed E-state index contributed by atoms with van der Waals surface area (Å²) in [4.78, 5) is 13.7. The quantitative estimate of drug-likeness (QED) is 0.782. The van der Waals surface area contributed by atoms with Crippen molar-refractivity contribution in [2.75, 3.05) is 5.73 Å². The number of anilines is 1. The van der Waals surface area contributed by atoms with Crippen molar-refractivity contribution < 1.29 is 0 Å². The molecule has 3 rings (SSSR count). The Morgan fingerprint density at radius 3 is 2.90 bits per heavy atom. The molecule has 0 spiro atoms. The van der Waals surface area contributed by atoms with Crippen LogP contribution in [0.2, 0.25) is 0 Å². The molecule has 0 amide bonds. The average Bonchev–Trinajstić information content (AvgIpc) is 2.85. The molecule has 0 aliphatic rings. The van der Waals surface area contributed by atoms with Gasteiger partial charge in [-0.3, -0.25) is 4.98 Å². The highest BCUT2D eigenvalue weighted by Gasteiger charge is 2.12. The monoisotopic (exact) mass is 282 g/mol. The van der Waals surface area contributed by atoms with Gasteiger partial charge in [-0.25, -0.2) is 9.97 Å². The van der Waals surface area contributed by atoms with E-state index in [4.69, 9.17) is 5.73 Å². The van der Waals surface area contributed by atoms with Crippen molar-refractivity contribution in [3.05, 3.63) is 52.9 Å². The van der Waals surface area contributed by atoms with Crippen LogP contribution in [-0.4, -0.2) is 15.0 Å². The summed E-state index contributed by atoms with van der Waals surface area (Å²) < 4.78 is 1.23. The van der Waals surface area contributed by atoms with Gasteiger partial charge >= 0.3 is 0 Å². The number of pyridine rings is 1. The van der Waals surface area contributed by atoms with Crippen molar-refractivity contribution in [1.29, 1.82) is 0 Å². The molecule has 3 aromatic heterocycles. The zero-order valence-electron chi connectivity index (χ0n) is 11.3. The molecule has 0 unspecified atom stereocenters. The van der Waals surface area contributed by atoms with E-state index in [0.29, 0.717) is 5.95 Å². The van der Waals surface area contributed by atoms with E-state index in [1.807, 2.05) is 32.3 Å². The molecular formula is C15H14N4S. The number of nitrogens with zero attached hydrogens (tertiary/aromatic N) is 3. The molecule has 0 aliphatic heterocycles. The lowest BCUT2D eigenvalue weighted by molar-refractivity contribution is 1.10. The number of nitrogens with two attached hydrogens (primary N) is 1. The Morgan fingerprint density at radius 1 is 1.35 bits per heavy atom. The average molecular weight is 282 g/mol. The fourth-order valence-electron chi connectivity index (χ4n) is 2.20. The second-order valence-electron chi connectivity index (χ2n) is 4.45. The molecule has 0 saturated heterocycles. The Balaban J connectivity index is 2.14. The first-order chi connectivity index (χ1) is 9.69. The molecule has 3 aromatic rings. The minimum Gasteiger partial charge on any atom is -0.368 e. The number of thiophene rings is 1. The van der Waals surface area contributed by atoms with E-state index in [1.165, 1.54) is 9.58 Å². The van der Waals surface area contributed by atoms with Gasteiger partial charge in [0.2, 0.25) is 5.95 Å².